The van der Waals surface area contributed by atoms with Crippen LogP contribution in [0.1, 0.15) is 47.0 Å². The summed E-state index contributed by atoms with van der Waals surface area (Å²) in [6.07, 6.45) is 2.14. The lowest BCUT2D eigenvalue weighted by atomic mass is 9.92. The minimum Gasteiger partial charge on any atom is -0.372 e. The molecule has 2 heterocycles. The second kappa shape index (κ2) is 8.76. The van der Waals surface area contributed by atoms with Crippen molar-refractivity contribution in [2.45, 2.75) is 52.0 Å². The highest BCUT2D eigenvalue weighted by atomic mass is 16.5. The molecule has 2 aromatic carbocycles. The van der Waals surface area contributed by atoms with Gasteiger partial charge in [-0.25, -0.2) is 9.89 Å². The number of ether oxygens (including phenoxy) is 1. The molecule has 1 aliphatic heterocycles. The summed E-state index contributed by atoms with van der Waals surface area (Å²) < 4.78 is 6.50. The summed E-state index contributed by atoms with van der Waals surface area (Å²) in [6.45, 7) is 6.43. The molecule has 4 rings (SSSR count). The average Bonchev–Trinajstić information content (AvgIpc) is 3.14. The molecule has 29 heavy (non-hydrogen) atoms. The van der Waals surface area contributed by atoms with Crippen LogP contribution in [0.15, 0.2) is 53.3 Å². The minimum atomic E-state index is -0.268. The number of likely N-dealkylation sites (tertiary alicyclic amines) is 1. The molecule has 1 saturated heterocycles. The van der Waals surface area contributed by atoms with Gasteiger partial charge < -0.3 is 4.74 Å². The third-order valence-electron chi connectivity index (χ3n) is 5.89. The molecule has 6 nitrogen and oxygen atoms in total. The van der Waals surface area contributed by atoms with Crippen LogP contribution in [0.5, 0.6) is 0 Å². The van der Waals surface area contributed by atoms with E-state index in [9.17, 15) is 4.79 Å². The Morgan fingerprint density at radius 2 is 1.97 bits per heavy atom. The Kier molecular flexibility index (Phi) is 5.92. The van der Waals surface area contributed by atoms with Crippen LogP contribution in [-0.2, 0) is 17.9 Å². The molecule has 0 unspecified atom stereocenters. The van der Waals surface area contributed by atoms with Gasteiger partial charge in [0.2, 0.25) is 0 Å². The van der Waals surface area contributed by atoms with Gasteiger partial charge in [-0.15, -0.1) is 0 Å². The number of nitrogens with one attached hydrogen (secondary N) is 2. The number of piperidine rings is 1. The van der Waals surface area contributed by atoms with Crippen LogP contribution in [0.3, 0.4) is 0 Å². The third kappa shape index (κ3) is 4.49. The molecule has 0 amide bonds. The third-order valence-corrected chi connectivity index (χ3v) is 5.89. The molecule has 0 aliphatic carbocycles. The standard InChI is InChI=1S/C23H28N4O2/c1-16-8-6-11-19(17(16)2)15-29-20-12-7-13-27(14-21-24-23(28)26-25-21)22(20)18-9-4-3-5-10-18/h3-6,8-11,20,22H,7,12-15H2,1-2H3,(H2,24,25,26,28)/t20-,22-/m0/s1. The Bertz CT molecular complexity index is 995. The number of hydrogen-bond donors (Lipinski definition) is 2. The van der Waals surface area contributed by atoms with Crippen LogP contribution < -0.4 is 5.69 Å². The van der Waals surface area contributed by atoms with Crippen LogP contribution in [0.4, 0.5) is 0 Å². The Morgan fingerprint density at radius 3 is 2.72 bits per heavy atom. The first-order chi connectivity index (χ1) is 14.1. The van der Waals surface area contributed by atoms with Crippen molar-refractivity contribution >= 4 is 0 Å². The first-order valence-electron chi connectivity index (χ1n) is 10.2. The number of H-pyrrole nitrogens is 2. The van der Waals surface area contributed by atoms with E-state index in [1.165, 1.54) is 22.3 Å². The van der Waals surface area contributed by atoms with Gasteiger partial charge in [-0.05, 0) is 55.5 Å². The number of aryl methyl sites for hydroxylation is 1. The number of rotatable bonds is 6. The molecule has 0 bridgehead atoms. The molecule has 3 aromatic rings. The van der Waals surface area contributed by atoms with Crippen LogP contribution in [0.2, 0.25) is 0 Å². The van der Waals surface area contributed by atoms with Crippen LogP contribution in [0, 0.1) is 13.8 Å². The van der Waals surface area contributed by atoms with E-state index in [-0.39, 0.29) is 17.8 Å². The van der Waals surface area contributed by atoms with Gasteiger partial charge in [-0.3, -0.25) is 9.88 Å². The minimum absolute atomic E-state index is 0.0803. The zero-order valence-electron chi connectivity index (χ0n) is 17.0. The SMILES string of the molecule is Cc1cccc(CO[C@H]2CCCN(Cc3n[nH]c(=O)[nH]3)[C@H]2c2ccccc2)c1C. The van der Waals surface area contributed by atoms with Crippen LogP contribution in [-0.4, -0.2) is 32.7 Å². The van der Waals surface area contributed by atoms with Crippen molar-refractivity contribution in [1.29, 1.82) is 0 Å². The van der Waals surface area contributed by atoms with Gasteiger partial charge in [0.15, 0.2) is 0 Å². The van der Waals surface area contributed by atoms with Gasteiger partial charge in [0, 0.05) is 0 Å². The van der Waals surface area contributed by atoms with Gasteiger partial charge >= 0.3 is 5.69 Å². The smallest absolute Gasteiger partial charge is 0.340 e. The summed E-state index contributed by atoms with van der Waals surface area (Å²) in [5.74, 6) is 0.658. The number of hydrogen-bond acceptors (Lipinski definition) is 4. The molecule has 1 aromatic heterocycles. The van der Waals surface area contributed by atoms with Crippen molar-refractivity contribution in [3.8, 4) is 0 Å². The lowest BCUT2D eigenvalue weighted by Gasteiger charge is -2.41. The van der Waals surface area contributed by atoms with Gasteiger partial charge in [0.25, 0.3) is 0 Å². The van der Waals surface area contributed by atoms with E-state index in [1.54, 1.807) is 0 Å². The quantitative estimate of drug-likeness (QED) is 0.672. The van der Waals surface area contributed by atoms with Crippen LogP contribution in [0.25, 0.3) is 0 Å². The van der Waals surface area contributed by atoms with E-state index in [0.717, 1.165) is 19.4 Å². The maximum Gasteiger partial charge on any atom is 0.340 e. The van der Waals surface area contributed by atoms with Gasteiger partial charge in [-0.2, -0.15) is 5.10 Å². The highest BCUT2D eigenvalue weighted by Gasteiger charge is 2.34. The van der Waals surface area contributed by atoms with E-state index in [0.29, 0.717) is 19.0 Å². The first kappa shape index (κ1) is 19.6. The molecule has 6 heteroatoms. The lowest BCUT2D eigenvalue weighted by Crippen LogP contribution is -2.42. The average molecular weight is 393 g/mol. The molecular formula is C23H28N4O2. The van der Waals surface area contributed by atoms with Crippen molar-refractivity contribution in [1.82, 2.24) is 20.1 Å². The van der Waals surface area contributed by atoms with Gasteiger partial charge in [0.1, 0.15) is 5.82 Å². The highest BCUT2D eigenvalue weighted by molar-refractivity contribution is 5.32. The zero-order valence-corrected chi connectivity index (χ0v) is 17.0. The number of aromatic amines is 2. The fourth-order valence-electron chi connectivity index (χ4n) is 4.19. The monoisotopic (exact) mass is 392 g/mol. The molecule has 2 N–H and O–H groups in total. The van der Waals surface area contributed by atoms with Crippen molar-refractivity contribution in [3.05, 3.63) is 87.1 Å². The fraction of sp³-hybridized carbons (Fsp3) is 0.391. The summed E-state index contributed by atoms with van der Waals surface area (Å²) in [7, 11) is 0. The van der Waals surface area contributed by atoms with Crippen molar-refractivity contribution < 1.29 is 4.74 Å². The van der Waals surface area contributed by atoms with E-state index in [4.69, 9.17) is 4.74 Å². The molecule has 152 valence electrons. The Labute approximate surface area is 170 Å². The Morgan fingerprint density at radius 1 is 1.14 bits per heavy atom. The zero-order chi connectivity index (χ0) is 20.2. The highest BCUT2D eigenvalue weighted by Crippen LogP contribution is 2.34. The molecule has 1 fully saturated rings. The van der Waals surface area contributed by atoms with Crippen LogP contribution >= 0.6 is 0 Å². The summed E-state index contributed by atoms with van der Waals surface area (Å²) >= 11 is 0. The Balaban J connectivity index is 1.57. The summed E-state index contributed by atoms with van der Waals surface area (Å²) in [4.78, 5) is 16.6. The molecule has 1 aliphatic rings. The molecule has 0 radical (unpaired) electrons. The van der Waals surface area contributed by atoms with E-state index < -0.39 is 0 Å². The summed E-state index contributed by atoms with van der Waals surface area (Å²) in [5.41, 5.74) is 4.79. The molecule has 0 saturated carbocycles. The van der Waals surface area contributed by atoms with Gasteiger partial charge in [0.05, 0.1) is 25.3 Å². The summed E-state index contributed by atoms with van der Waals surface area (Å²) in [5, 5.41) is 6.57. The Hall–Kier alpha value is -2.70. The first-order valence-corrected chi connectivity index (χ1v) is 10.2. The normalized spacial score (nSPS) is 20.1. The molecule has 2 atom stereocenters. The lowest BCUT2D eigenvalue weighted by molar-refractivity contribution is -0.0561. The van der Waals surface area contributed by atoms with E-state index in [2.05, 4.69) is 76.4 Å². The number of benzene rings is 2. The second-order valence-corrected chi connectivity index (χ2v) is 7.80. The topological polar surface area (TPSA) is 74.0 Å². The molecular weight excluding hydrogens is 364 g/mol. The predicted molar refractivity (Wildman–Crippen MR) is 113 cm³/mol. The second-order valence-electron chi connectivity index (χ2n) is 7.80. The fourth-order valence-corrected chi connectivity index (χ4v) is 4.19. The van der Waals surface area contributed by atoms with E-state index in [1.807, 2.05) is 6.07 Å². The summed E-state index contributed by atoms with van der Waals surface area (Å²) in [6, 6.07) is 17.0. The largest absolute Gasteiger partial charge is 0.372 e. The number of nitrogens with zero attached hydrogens (tertiary/aromatic N) is 2. The van der Waals surface area contributed by atoms with Crippen molar-refractivity contribution in [2.75, 3.05) is 6.54 Å². The van der Waals surface area contributed by atoms with E-state index >= 15 is 0 Å². The van der Waals surface area contributed by atoms with Crippen molar-refractivity contribution in [2.24, 2.45) is 0 Å². The van der Waals surface area contributed by atoms with Crippen molar-refractivity contribution in [3.63, 3.8) is 0 Å². The molecule has 0 spiro atoms. The maximum atomic E-state index is 11.4. The predicted octanol–water partition coefficient (Wildman–Crippen LogP) is 3.64. The number of aromatic nitrogens is 3. The maximum absolute atomic E-state index is 11.4. The van der Waals surface area contributed by atoms with Gasteiger partial charge in [-0.1, -0.05) is 48.5 Å².